The lowest BCUT2D eigenvalue weighted by Gasteiger charge is -2.33. The predicted molar refractivity (Wildman–Crippen MR) is 137 cm³/mol. The van der Waals surface area contributed by atoms with Crippen molar-refractivity contribution < 1.29 is 22.4 Å². The number of nitrogens with one attached hydrogen (secondary N) is 1. The summed E-state index contributed by atoms with van der Waals surface area (Å²) in [4.78, 5) is 28.1. The first-order valence-corrected chi connectivity index (χ1v) is 13.6. The maximum Gasteiger partial charge on any atom is 0.244 e. The normalized spacial score (nSPS) is 13.1. The molecule has 2 atom stereocenters. The zero-order valence-electron chi connectivity index (χ0n) is 21.3. The summed E-state index contributed by atoms with van der Waals surface area (Å²) in [5, 5.41) is 2.92. The van der Waals surface area contributed by atoms with Crippen molar-refractivity contribution in [2.75, 3.05) is 17.1 Å². The van der Waals surface area contributed by atoms with Gasteiger partial charge in [-0.05, 0) is 68.5 Å². The Kier molecular flexibility index (Phi) is 9.82. The van der Waals surface area contributed by atoms with E-state index < -0.39 is 34.3 Å². The minimum absolute atomic E-state index is 0.0376. The average molecular weight is 506 g/mol. The molecule has 0 aliphatic heterocycles. The van der Waals surface area contributed by atoms with E-state index in [1.54, 1.807) is 38.1 Å². The summed E-state index contributed by atoms with van der Waals surface area (Å²) in [6, 6.07) is 10.2. The van der Waals surface area contributed by atoms with Crippen molar-refractivity contribution in [1.82, 2.24) is 10.2 Å². The molecule has 192 valence electrons. The average Bonchev–Trinajstić information content (AvgIpc) is 2.79. The SMILES string of the molecule is CC[C@@H](C)NC(=O)[C@H](CC)N(Cc1ccc(F)cc1)C(=O)CN(c1cc(C)ccc1C)S(C)(=O)=O. The molecule has 0 unspecified atom stereocenters. The van der Waals surface area contributed by atoms with E-state index >= 15 is 0 Å². The van der Waals surface area contributed by atoms with Crippen LogP contribution in [0.2, 0.25) is 0 Å². The Labute approximate surface area is 208 Å². The summed E-state index contributed by atoms with van der Waals surface area (Å²) in [6.45, 7) is 8.82. The summed E-state index contributed by atoms with van der Waals surface area (Å²) >= 11 is 0. The molecular formula is C26H36FN3O4S. The molecule has 35 heavy (non-hydrogen) atoms. The lowest BCUT2D eigenvalue weighted by atomic mass is 10.1. The number of hydrogen-bond acceptors (Lipinski definition) is 4. The molecule has 0 aliphatic rings. The topological polar surface area (TPSA) is 86.8 Å². The number of anilines is 1. The van der Waals surface area contributed by atoms with Gasteiger partial charge in [0.25, 0.3) is 0 Å². The van der Waals surface area contributed by atoms with Crippen molar-refractivity contribution in [1.29, 1.82) is 0 Å². The molecule has 0 aliphatic carbocycles. The number of nitrogens with zero attached hydrogens (tertiary/aromatic N) is 2. The maximum absolute atomic E-state index is 13.7. The van der Waals surface area contributed by atoms with Crippen molar-refractivity contribution in [2.24, 2.45) is 0 Å². The van der Waals surface area contributed by atoms with Crippen molar-refractivity contribution in [2.45, 2.75) is 66.1 Å². The van der Waals surface area contributed by atoms with Crippen LogP contribution in [0.15, 0.2) is 42.5 Å². The van der Waals surface area contributed by atoms with Gasteiger partial charge < -0.3 is 10.2 Å². The molecule has 0 radical (unpaired) electrons. The molecule has 7 nitrogen and oxygen atoms in total. The van der Waals surface area contributed by atoms with Crippen molar-refractivity contribution >= 4 is 27.5 Å². The summed E-state index contributed by atoms with van der Waals surface area (Å²) in [5.74, 6) is -1.24. The Morgan fingerprint density at radius 3 is 2.20 bits per heavy atom. The van der Waals surface area contributed by atoms with Gasteiger partial charge in [-0.15, -0.1) is 0 Å². The smallest absolute Gasteiger partial charge is 0.244 e. The first kappa shape index (κ1) is 28.3. The Hall–Kier alpha value is -2.94. The Morgan fingerprint density at radius 2 is 1.66 bits per heavy atom. The second-order valence-electron chi connectivity index (χ2n) is 8.95. The summed E-state index contributed by atoms with van der Waals surface area (Å²) in [6.07, 6.45) is 2.11. The third-order valence-electron chi connectivity index (χ3n) is 5.97. The molecule has 0 aromatic heterocycles. The van der Waals surface area contributed by atoms with Gasteiger partial charge in [0.15, 0.2) is 0 Å². The molecule has 2 aromatic carbocycles. The van der Waals surface area contributed by atoms with Crippen LogP contribution in [0.4, 0.5) is 10.1 Å². The number of aryl methyl sites for hydroxylation is 2. The van der Waals surface area contributed by atoms with Crippen LogP contribution in [0.1, 0.15) is 50.3 Å². The van der Waals surface area contributed by atoms with Crippen LogP contribution < -0.4 is 9.62 Å². The molecule has 0 saturated heterocycles. The van der Waals surface area contributed by atoms with E-state index in [9.17, 15) is 22.4 Å². The number of carbonyl (C=O) groups excluding carboxylic acids is 2. The largest absolute Gasteiger partial charge is 0.352 e. The van der Waals surface area contributed by atoms with Gasteiger partial charge in [-0.25, -0.2) is 12.8 Å². The van der Waals surface area contributed by atoms with Gasteiger partial charge in [-0.1, -0.05) is 38.1 Å². The van der Waals surface area contributed by atoms with Crippen LogP contribution in [0.5, 0.6) is 0 Å². The van der Waals surface area contributed by atoms with Gasteiger partial charge in [0.05, 0.1) is 11.9 Å². The molecular weight excluding hydrogens is 469 g/mol. The van der Waals surface area contributed by atoms with Crippen LogP contribution in [-0.4, -0.2) is 50.0 Å². The van der Waals surface area contributed by atoms with Gasteiger partial charge >= 0.3 is 0 Å². The van der Waals surface area contributed by atoms with E-state index in [1.165, 1.54) is 17.0 Å². The minimum atomic E-state index is -3.80. The fourth-order valence-electron chi connectivity index (χ4n) is 3.73. The number of amides is 2. The summed E-state index contributed by atoms with van der Waals surface area (Å²) < 4.78 is 40.0. The Morgan fingerprint density at radius 1 is 1.03 bits per heavy atom. The molecule has 0 spiro atoms. The van der Waals surface area contributed by atoms with Crippen LogP contribution in [0.25, 0.3) is 0 Å². The number of halogens is 1. The summed E-state index contributed by atoms with van der Waals surface area (Å²) in [7, 11) is -3.80. The Balaban J connectivity index is 2.47. The molecule has 9 heteroatoms. The molecule has 0 heterocycles. The second kappa shape index (κ2) is 12.2. The van der Waals surface area contributed by atoms with E-state index in [1.807, 2.05) is 26.8 Å². The fraction of sp³-hybridized carbons (Fsp3) is 0.462. The highest BCUT2D eigenvalue weighted by Crippen LogP contribution is 2.25. The number of rotatable bonds is 11. The van der Waals surface area contributed by atoms with Gasteiger partial charge in [0.1, 0.15) is 18.4 Å². The maximum atomic E-state index is 13.7. The first-order valence-electron chi connectivity index (χ1n) is 11.8. The van der Waals surface area contributed by atoms with Gasteiger partial charge in [-0.3, -0.25) is 13.9 Å². The third-order valence-corrected chi connectivity index (χ3v) is 7.09. The van der Waals surface area contributed by atoms with E-state index in [2.05, 4.69) is 5.32 Å². The van der Waals surface area contributed by atoms with Crippen molar-refractivity contribution in [3.05, 3.63) is 65.0 Å². The van der Waals surface area contributed by atoms with E-state index in [0.29, 0.717) is 23.2 Å². The number of sulfonamides is 1. The fourth-order valence-corrected chi connectivity index (χ4v) is 4.63. The van der Waals surface area contributed by atoms with Crippen molar-refractivity contribution in [3.63, 3.8) is 0 Å². The van der Waals surface area contributed by atoms with Gasteiger partial charge in [0, 0.05) is 12.6 Å². The standard InChI is InChI=1S/C26H36FN3O4S/c1-7-20(5)28-26(32)23(8-2)29(16-21-11-13-22(27)14-12-21)25(31)17-30(35(6,33)34)24-15-18(3)9-10-19(24)4/h9-15,20,23H,7-8,16-17H2,1-6H3,(H,28,32)/t20-,23+/m1/s1. The Bertz CT molecular complexity index is 1140. The van der Waals surface area contributed by atoms with Gasteiger partial charge in [0.2, 0.25) is 21.8 Å². The number of carbonyl (C=O) groups is 2. The lowest BCUT2D eigenvalue weighted by Crippen LogP contribution is -2.53. The van der Waals surface area contributed by atoms with Crippen molar-refractivity contribution in [3.8, 4) is 0 Å². The highest BCUT2D eigenvalue weighted by Gasteiger charge is 2.32. The monoisotopic (exact) mass is 505 g/mol. The molecule has 0 bridgehead atoms. The van der Waals surface area contributed by atoms with Gasteiger partial charge in [-0.2, -0.15) is 0 Å². The number of hydrogen-bond donors (Lipinski definition) is 1. The second-order valence-corrected chi connectivity index (χ2v) is 10.9. The van der Waals surface area contributed by atoms with Crippen LogP contribution in [-0.2, 0) is 26.2 Å². The molecule has 0 fully saturated rings. The lowest BCUT2D eigenvalue weighted by molar-refractivity contribution is -0.140. The molecule has 2 rings (SSSR count). The number of benzene rings is 2. The van der Waals surface area contributed by atoms with E-state index in [-0.39, 0.29) is 18.5 Å². The van der Waals surface area contributed by atoms with Crippen LogP contribution >= 0.6 is 0 Å². The minimum Gasteiger partial charge on any atom is -0.352 e. The van der Waals surface area contributed by atoms with Crippen LogP contribution in [0.3, 0.4) is 0 Å². The molecule has 2 aromatic rings. The van der Waals surface area contributed by atoms with E-state index in [0.717, 1.165) is 22.5 Å². The predicted octanol–water partition coefficient (Wildman–Crippen LogP) is 3.93. The highest BCUT2D eigenvalue weighted by atomic mass is 32.2. The zero-order chi connectivity index (χ0) is 26.3. The summed E-state index contributed by atoms with van der Waals surface area (Å²) in [5.41, 5.74) is 2.61. The van der Waals surface area contributed by atoms with E-state index in [4.69, 9.17) is 0 Å². The molecule has 2 amide bonds. The highest BCUT2D eigenvalue weighted by molar-refractivity contribution is 7.92. The third kappa shape index (κ3) is 7.78. The first-order chi connectivity index (χ1) is 16.4. The van der Waals surface area contributed by atoms with Crippen LogP contribution in [0, 0.1) is 19.7 Å². The quantitative estimate of drug-likeness (QED) is 0.501. The zero-order valence-corrected chi connectivity index (χ0v) is 22.2. The molecule has 0 saturated carbocycles. The molecule has 1 N–H and O–H groups in total.